The number of hydrogen-bond donors (Lipinski definition) is 1. The molecule has 0 fully saturated rings. The van der Waals surface area contributed by atoms with Crippen LogP contribution in [-0.2, 0) is 19.4 Å². The van der Waals surface area contributed by atoms with E-state index in [-0.39, 0.29) is 5.56 Å². The molecular formula is C16H17NO4S. The van der Waals surface area contributed by atoms with Gasteiger partial charge in [0.15, 0.2) is 11.5 Å². The molecule has 1 aliphatic rings. The number of rotatable bonds is 6. The summed E-state index contributed by atoms with van der Waals surface area (Å²) < 4.78 is 11.2. The lowest BCUT2D eigenvalue weighted by Gasteiger charge is -2.11. The Morgan fingerprint density at radius 2 is 2.18 bits per heavy atom. The second-order valence-electron chi connectivity index (χ2n) is 5.02. The van der Waals surface area contributed by atoms with E-state index in [1.165, 1.54) is 29.1 Å². The van der Waals surface area contributed by atoms with Crippen LogP contribution < -0.4 is 9.47 Å². The standard InChI is InChI=1S/C16H17NO4S/c1-2-20-13-8-10(16(18)19)6-7-12(13)21-9-15-17-11-4-3-5-14(11)22-15/h6-8H,2-5,9H2,1H3,(H,18,19). The van der Waals surface area contributed by atoms with Gasteiger partial charge in [0.05, 0.1) is 17.9 Å². The third-order valence-corrected chi connectivity index (χ3v) is 4.61. The molecule has 116 valence electrons. The number of thiazole rings is 1. The molecule has 22 heavy (non-hydrogen) atoms. The first-order valence-corrected chi connectivity index (χ1v) is 8.09. The van der Waals surface area contributed by atoms with E-state index in [1.807, 2.05) is 6.92 Å². The number of aryl methyl sites for hydroxylation is 2. The van der Waals surface area contributed by atoms with Crippen LogP contribution in [0.1, 0.15) is 39.3 Å². The lowest BCUT2D eigenvalue weighted by atomic mass is 10.2. The van der Waals surface area contributed by atoms with Gasteiger partial charge in [0.2, 0.25) is 0 Å². The number of fused-ring (bicyclic) bond motifs is 1. The third kappa shape index (κ3) is 3.06. The molecule has 1 aliphatic carbocycles. The summed E-state index contributed by atoms with van der Waals surface area (Å²) in [6.45, 7) is 2.68. The van der Waals surface area contributed by atoms with Crippen molar-refractivity contribution < 1.29 is 19.4 Å². The van der Waals surface area contributed by atoms with Crippen LogP contribution in [0.25, 0.3) is 0 Å². The van der Waals surface area contributed by atoms with Crippen molar-refractivity contribution in [1.82, 2.24) is 4.98 Å². The van der Waals surface area contributed by atoms with Crippen molar-refractivity contribution in [3.8, 4) is 11.5 Å². The van der Waals surface area contributed by atoms with Crippen molar-refractivity contribution in [1.29, 1.82) is 0 Å². The molecule has 1 heterocycles. The first kappa shape index (κ1) is 14.8. The topological polar surface area (TPSA) is 68.7 Å². The van der Waals surface area contributed by atoms with E-state index in [1.54, 1.807) is 17.4 Å². The molecule has 0 spiro atoms. The third-order valence-electron chi connectivity index (χ3n) is 3.48. The molecule has 3 rings (SSSR count). The summed E-state index contributed by atoms with van der Waals surface area (Å²) in [6.07, 6.45) is 3.37. The predicted molar refractivity (Wildman–Crippen MR) is 83.0 cm³/mol. The van der Waals surface area contributed by atoms with Gasteiger partial charge in [-0.3, -0.25) is 0 Å². The fourth-order valence-electron chi connectivity index (χ4n) is 2.47. The molecule has 2 aromatic rings. The fourth-order valence-corrected chi connectivity index (χ4v) is 3.54. The summed E-state index contributed by atoms with van der Waals surface area (Å²) in [5, 5.41) is 9.99. The van der Waals surface area contributed by atoms with E-state index >= 15 is 0 Å². The van der Waals surface area contributed by atoms with Gasteiger partial charge >= 0.3 is 5.97 Å². The summed E-state index contributed by atoms with van der Waals surface area (Å²) >= 11 is 1.70. The Labute approximate surface area is 132 Å². The normalized spacial score (nSPS) is 13.0. The molecule has 0 bridgehead atoms. The maximum absolute atomic E-state index is 11.0. The van der Waals surface area contributed by atoms with E-state index in [2.05, 4.69) is 4.98 Å². The van der Waals surface area contributed by atoms with Gasteiger partial charge in [0, 0.05) is 4.88 Å². The number of nitrogens with zero attached hydrogens (tertiary/aromatic N) is 1. The summed E-state index contributed by atoms with van der Waals surface area (Å²) in [6, 6.07) is 4.64. The number of hydrogen-bond acceptors (Lipinski definition) is 5. The van der Waals surface area contributed by atoms with Crippen molar-refractivity contribution in [2.24, 2.45) is 0 Å². The zero-order valence-corrected chi connectivity index (χ0v) is 13.1. The van der Waals surface area contributed by atoms with Crippen molar-refractivity contribution >= 4 is 17.3 Å². The number of benzene rings is 1. The first-order chi connectivity index (χ1) is 10.7. The molecule has 1 N–H and O–H groups in total. The molecule has 1 aromatic heterocycles. The van der Waals surface area contributed by atoms with Gasteiger partial charge in [-0.25, -0.2) is 9.78 Å². The second-order valence-corrected chi connectivity index (χ2v) is 6.19. The van der Waals surface area contributed by atoms with Crippen LogP contribution in [0.5, 0.6) is 11.5 Å². The van der Waals surface area contributed by atoms with E-state index in [0.29, 0.717) is 24.7 Å². The van der Waals surface area contributed by atoms with Crippen molar-refractivity contribution in [2.75, 3.05) is 6.61 Å². The largest absolute Gasteiger partial charge is 0.490 e. The molecule has 0 unspecified atom stereocenters. The predicted octanol–water partition coefficient (Wildman–Crippen LogP) is 3.31. The molecule has 0 saturated heterocycles. The Hall–Kier alpha value is -2.08. The minimum atomic E-state index is -0.983. The summed E-state index contributed by atoms with van der Waals surface area (Å²) in [7, 11) is 0. The SMILES string of the molecule is CCOc1cc(C(=O)O)ccc1OCc1nc2c(s1)CCC2. The van der Waals surface area contributed by atoms with Gasteiger partial charge in [-0.15, -0.1) is 11.3 Å². The molecule has 0 radical (unpaired) electrons. The highest BCUT2D eigenvalue weighted by Gasteiger charge is 2.17. The average Bonchev–Trinajstić information content (AvgIpc) is 3.07. The smallest absolute Gasteiger partial charge is 0.335 e. The zero-order chi connectivity index (χ0) is 15.5. The average molecular weight is 319 g/mol. The van der Waals surface area contributed by atoms with Gasteiger partial charge < -0.3 is 14.6 Å². The van der Waals surface area contributed by atoms with Crippen LogP contribution >= 0.6 is 11.3 Å². The van der Waals surface area contributed by atoms with E-state index < -0.39 is 5.97 Å². The van der Waals surface area contributed by atoms with E-state index in [4.69, 9.17) is 14.6 Å². The van der Waals surface area contributed by atoms with Crippen molar-refractivity contribution in [2.45, 2.75) is 32.8 Å². The molecule has 6 heteroatoms. The molecule has 0 aliphatic heterocycles. The molecular weight excluding hydrogens is 302 g/mol. The zero-order valence-electron chi connectivity index (χ0n) is 12.3. The van der Waals surface area contributed by atoms with Crippen LogP contribution in [-0.4, -0.2) is 22.7 Å². The Morgan fingerprint density at radius 3 is 2.91 bits per heavy atom. The van der Waals surface area contributed by atoms with Crippen LogP contribution in [0.4, 0.5) is 0 Å². The van der Waals surface area contributed by atoms with Gasteiger partial charge in [0.1, 0.15) is 11.6 Å². The molecule has 0 amide bonds. The van der Waals surface area contributed by atoms with Crippen LogP contribution in [0.2, 0.25) is 0 Å². The maximum Gasteiger partial charge on any atom is 0.335 e. The number of carboxylic acid groups (broad SMARTS) is 1. The monoisotopic (exact) mass is 319 g/mol. The van der Waals surface area contributed by atoms with Crippen LogP contribution in [0, 0.1) is 0 Å². The number of aromatic carboxylic acids is 1. The fraction of sp³-hybridized carbons (Fsp3) is 0.375. The lowest BCUT2D eigenvalue weighted by Crippen LogP contribution is -2.02. The number of ether oxygens (including phenoxy) is 2. The minimum Gasteiger partial charge on any atom is -0.490 e. The molecule has 5 nitrogen and oxygen atoms in total. The molecule has 0 atom stereocenters. The highest BCUT2D eigenvalue weighted by Crippen LogP contribution is 2.31. The lowest BCUT2D eigenvalue weighted by molar-refractivity contribution is 0.0696. The Morgan fingerprint density at radius 1 is 1.32 bits per heavy atom. The molecule has 0 saturated carbocycles. The Bertz CT molecular complexity index is 674. The van der Waals surface area contributed by atoms with E-state index in [0.717, 1.165) is 17.8 Å². The Kier molecular flexibility index (Phi) is 4.29. The highest BCUT2D eigenvalue weighted by molar-refractivity contribution is 7.11. The van der Waals surface area contributed by atoms with Crippen LogP contribution in [0.15, 0.2) is 18.2 Å². The second kappa shape index (κ2) is 6.36. The number of carboxylic acids is 1. The maximum atomic E-state index is 11.0. The summed E-state index contributed by atoms with van der Waals surface area (Å²) in [5.74, 6) is 0.0116. The van der Waals surface area contributed by atoms with Gasteiger partial charge in [-0.05, 0) is 44.4 Å². The van der Waals surface area contributed by atoms with Crippen molar-refractivity contribution in [3.63, 3.8) is 0 Å². The Balaban J connectivity index is 1.74. The van der Waals surface area contributed by atoms with Crippen molar-refractivity contribution in [3.05, 3.63) is 39.3 Å². The number of carbonyl (C=O) groups is 1. The van der Waals surface area contributed by atoms with Gasteiger partial charge in [-0.1, -0.05) is 0 Å². The first-order valence-electron chi connectivity index (χ1n) is 7.27. The summed E-state index contributed by atoms with van der Waals surface area (Å²) in [5.41, 5.74) is 1.39. The quantitative estimate of drug-likeness (QED) is 0.884. The van der Waals surface area contributed by atoms with Crippen LogP contribution in [0.3, 0.4) is 0 Å². The highest BCUT2D eigenvalue weighted by atomic mass is 32.1. The summed E-state index contributed by atoms with van der Waals surface area (Å²) in [4.78, 5) is 17.0. The van der Waals surface area contributed by atoms with Gasteiger partial charge in [0.25, 0.3) is 0 Å². The minimum absolute atomic E-state index is 0.184. The molecule has 1 aromatic carbocycles. The van der Waals surface area contributed by atoms with E-state index in [9.17, 15) is 4.79 Å². The number of aromatic nitrogens is 1. The van der Waals surface area contributed by atoms with Gasteiger partial charge in [-0.2, -0.15) is 0 Å².